The lowest BCUT2D eigenvalue weighted by Gasteiger charge is -2.21. The Hall–Kier alpha value is -1.22. The van der Waals surface area contributed by atoms with Crippen molar-refractivity contribution in [2.75, 3.05) is 11.2 Å². The Balaban J connectivity index is 2.97. The molecule has 17 heavy (non-hydrogen) atoms. The SMILES string of the molecule is Cc1cc(NC(=O)C(C)(C)CCl)c(C)cc1O. The van der Waals surface area contributed by atoms with Crippen molar-refractivity contribution >= 4 is 23.2 Å². The number of aryl methyl sites for hydroxylation is 2. The fourth-order valence-electron chi connectivity index (χ4n) is 1.29. The number of benzene rings is 1. The summed E-state index contributed by atoms with van der Waals surface area (Å²) >= 11 is 5.75. The van der Waals surface area contributed by atoms with Crippen LogP contribution in [0.15, 0.2) is 12.1 Å². The van der Waals surface area contributed by atoms with E-state index in [0.717, 1.165) is 11.1 Å². The number of hydrogen-bond donors (Lipinski definition) is 2. The van der Waals surface area contributed by atoms with Gasteiger partial charge in [0, 0.05) is 11.6 Å². The van der Waals surface area contributed by atoms with E-state index in [4.69, 9.17) is 11.6 Å². The molecule has 2 N–H and O–H groups in total. The number of rotatable bonds is 3. The smallest absolute Gasteiger partial charge is 0.231 e. The maximum atomic E-state index is 12.0. The van der Waals surface area contributed by atoms with Gasteiger partial charge in [-0.1, -0.05) is 0 Å². The summed E-state index contributed by atoms with van der Waals surface area (Å²) in [5.74, 6) is 0.368. The molecule has 94 valence electrons. The largest absolute Gasteiger partial charge is 0.508 e. The third-order valence-electron chi connectivity index (χ3n) is 2.74. The molecular weight excluding hydrogens is 238 g/mol. The second-order valence-corrected chi connectivity index (χ2v) is 5.19. The lowest BCUT2D eigenvalue weighted by atomic mass is 9.95. The highest BCUT2D eigenvalue weighted by atomic mass is 35.5. The van der Waals surface area contributed by atoms with Gasteiger partial charge in [0.05, 0.1) is 5.41 Å². The van der Waals surface area contributed by atoms with E-state index in [1.165, 1.54) is 0 Å². The van der Waals surface area contributed by atoms with Gasteiger partial charge in [-0.25, -0.2) is 0 Å². The Kier molecular flexibility index (Phi) is 4.04. The molecule has 0 aliphatic heterocycles. The number of carbonyl (C=O) groups is 1. The number of phenols is 1. The second kappa shape index (κ2) is 4.96. The molecule has 1 aromatic carbocycles. The molecule has 0 unspecified atom stereocenters. The van der Waals surface area contributed by atoms with Crippen LogP contribution < -0.4 is 5.32 Å². The molecule has 0 bridgehead atoms. The van der Waals surface area contributed by atoms with Gasteiger partial charge in [0.2, 0.25) is 5.91 Å². The van der Waals surface area contributed by atoms with Gasteiger partial charge in [0.1, 0.15) is 5.75 Å². The lowest BCUT2D eigenvalue weighted by molar-refractivity contribution is -0.122. The molecule has 4 heteroatoms. The number of amides is 1. The van der Waals surface area contributed by atoms with Crippen molar-refractivity contribution in [1.29, 1.82) is 0 Å². The molecule has 0 saturated heterocycles. The zero-order valence-corrected chi connectivity index (χ0v) is 11.4. The van der Waals surface area contributed by atoms with E-state index < -0.39 is 5.41 Å². The van der Waals surface area contributed by atoms with E-state index in [1.807, 2.05) is 6.92 Å². The lowest BCUT2D eigenvalue weighted by Crippen LogP contribution is -2.32. The first kappa shape index (κ1) is 13.8. The van der Waals surface area contributed by atoms with Gasteiger partial charge in [0.25, 0.3) is 0 Å². The van der Waals surface area contributed by atoms with Crippen molar-refractivity contribution in [2.24, 2.45) is 5.41 Å². The number of halogens is 1. The molecule has 0 fully saturated rings. The van der Waals surface area contributed by atoms with Crippen LogP contribution in [0, 0.1) is 19.3 Å². The first-order valence-corrected chi connectivity index (χ1v) is 5.99. The summed E-state index contributed by atoms with van der Waals surface area (Å²) in [5.41, 5.74) is 1.66. The summed E-state index contributed by atoms with van der Waals surface area (Å²) in [4.78, 5) is 12.0. The first-order chi connectivity index (χ1) is 7.77. The molecule has 0 aliphatic carbocycles. The van der Waals surface area contributed by atoms with Crippen LogP contribution >= 0.6 is 11.6 Å². The first-order valence-electron chi connectivity index (χ1n) is 5.45. The Morgan fingerprint density at radius 3 is 2.47 bits per heavy atom. The molecule has 0 heterocycles. The minimum absolute atomic E-state index is 0.124. The average molecular weight is 256 g/mol. The van der Waals surface area contributed by atoms with Crippen LogP contribution in [0.1, 0.15) is 25.0 Å². The molecule has 0 saturated carbocycles. The van der Waals surface area contributed by atoms with Gasteiger partial charge in [-0.05, 0) is 51.0 Å². The van der Waals surface area contributed by atoms with Crippen molar-refractivity contribution in [3.8, 4) is 5.75 Å². The number of hydrogen-bond acceptors (Lipinski definition) is 2. The third-order valence-corrected chi connectivity index (χ3v) is 3.41. The zero-order valence-electron chi connectivity index (χ0n) is 10.6. The van der Waals surface area contributed by atoms with Crippen molar-refractivity contribution in [3.63, 3.8) is 0 Å². The van der Waals surface area contributed by atoms with Crippen LogP contribution in [0.5, 0.6) is 5.75 Å². The van der Waals surface area contributed by atoms with Crippen LogP contribution in [0.25, 0.3) is 0 Å². The van der Waals surface area contributed by atoms with Gasteiger partial charge in [-0.15, -0.1) is 11.6 Å². The molecule has 1 amide bonds. The highest BCUT2D eigenvalue weighted by Crippen LogP contribution is 2.27. The summed E-state index contributed by atoms with van der Waals surface area (Å²) in [6.07, 6.45) is 0. The fraction of sp³-hybridized carbons (Fsp3) is 0.462. The summed E-state index contributed by atoms with van der Waals surface area (Å²) < 4.78 is 0. The van der Waals surface area contributed by atoms with Crippen molar-refractivity contribution in [3.05, 3.63) is 23.3 Å². The summed E-state index contributed by atoms with van der Waals surface area (Å²) in [7, 11) is 0. The molecule has 0 aliphatic rings. The van der Waals surface area contributed by atoms with Crippen LogP contribution in [-0.4, -0.2) is 16.9 Å². The summed E-state index contributed by atoms with van der Waals surface area (Å²) in [5, 5.41) is 12.4. The van der Waals surface area contributed by atoms with Crippen LogP contribution in [0.3, 0.4) is 0 Å². The molecular formula is C13H18ClNO2. The maximum absolute atomic E-state index is 12.0. The van der Waals surface area contributed by atoms with E-state index >= 15 is 0 Å². The molecule has 0 spiro atoms. The Labute approximate surface area is 107 Å². The van der Waals surface area contributed by atoms with E-state index in [2.05, 4.69) is 5.32 Å². The van der Waals surface area contributed by atoms with Gasteiger partial charge >= 0.3 is 0 Å². The van der Waals surface area contributed by atoms with E-state index in [9.17, 15) is 9.90 Å². The quantitative estimate of drug-likeness (QED) is 0.644. The zero-order chi connectivity index (χ0) is 13.2. The topological polar surface area (TPSA) is 49.3 Å². The van der Waals surface area contributed by atoms with Crippen molar-refractivity contribution < 1.29 is 9.90 Å². The predicted octanol–water partition coefficient (Wildman–Crippen LogP) is 3.21. The number of carbonyl (C=O) groups excluding carboxylic acids is 1. The third kappa shape index (κ3) is 3.13. The average Bonchev–Trinajstić information content (AvgIpc) is 2.25. The van der Waals surface area contributed by atoms with Gasteiger partial charge in [0.15, 0.2) is 0 Å². The summed E-state index contributed by atoms with van der Waals surface area (Å²) in [6.45, 7) is 7.20. The van der Waals surface area contributed by atoms with E-state index in [-0.39, 0.29) is 17.5 Å². The number of anilines is 1. The van der Waals surface area contributed by atoms with Gasteiger partial charge in [-0.3, -0.25) is 4.79 Å². The second-order valence-electron chi connectivity index (χ2n) is 4.93. The molecule has 3 nitrogen and oxygen atoms in total. The molecule has 0 aromatic heterocycles. The number of alkyl halides is 1. The van der Waals surface area contributed by atoms with Crippen LogP contribution in [0.2, 0.25) is 0 Å². The minimum atomic E-state index is -0.611. The van der Waals surface area contributed by atoms with Gasteiger partial charge in [-0.2, -0.15) is 0 Å². The molecule has 0 atom stereocenters. The van der Waals surface area contributed by atoms with Crippen LogP contribution in [0.4, 0.5) is 5.69 Å². The Morgan fingerprint density at radius 1 is 1.35 bits per heavy atom. The van der Waals surface area contributed by atoms with Gasteiger partial charge < -0.3 is 10.4 Å². The Morgan fingerprint density at radius 2 is 1.94 bits per heavy atom. The molecule has 0 radical (unpaired) electrons. The number of nitrogens with one attached hydrogen (secondary N) is 1. The monoisotopic (exact) mass is 255 g/mol. The minimum Gasteiger partial charge on any atom is -0.508 e. The fourth-order valence-corrected chi connectivity index (χ4v) is 1.41. The Bertz CT molecular complexity index is 441. The standard InChI is InChI=1S/C13H18ClNO2/c1-8-6-11(16)9(2)5-10(8)15-12(17)13(3,4)7-14/h5-6,16H,7H2,1-4H3,(H,15,17). The van der Waals surface area contributed by atoms with Crippen LogP contribution in [-0.2, 0) is 4.79 Å². The highest BCUT2D eigenvalue weighted by molar-refractivity contribution is 6.20. The number of aromatic hydroxyl groups is 1. The number of phenolic OH excluding ortho intramolecular Hbond substituents is 1. The molecule has 1 aromatic rings. The summed E-state index contributed by atoms with van der Waals surface area (Å²) in [6, 6.07) is 3.39. The predicted molar refractivity (Wildman–Crippen MR) is 70.7 cm³/mol. The van der Waals surface area contributed by atoms with E-state index in [1.54, 1.807) is 32.9 Å². The maximum Gasteiger partial charge on any atom is 0.231 e. The highest BCUT2D eigenvalue weighted by Gasteiger charge is 2.26. The van der Waals surface area contributed by atoms with Crippen molar-refractivity contribution in [1.82, 2.24) is 0 Å². The van der Waals surface area contributed by atoms with Crippen molar-refractivity contribution in [2.45, 2.75) is 27.7 Å². The van der Waals surface area contributed by atoms with E-state index in [0.29, 0.717) is 5.69 Å². The molecule has 1 rings (SSSR count). The normalized spacial score (nSPS) is 11.4.